The van der Waals surface area contributed by atoms with Crippen LogP contribution in [0.3, 0.4) is 0 Å². The van der Waals surface area contributed by atoms with Crippen LogP contribution in [0.4, 0.5) is 0 Å². The van der Waals surface area contributed by atoms with Gasteiger partial charge in [-0.1, -0.05) is 5.21 Å². The Hall–Kier alpha value is -2.12. The molecule has 0 fully saturated rings. The van der Waals surface area contributed by atoms with Gasteiger partial charge in [-0.3, -0.25) is 4.98 Å². The maximum absolute atomic E-state index is 5.70. The minimum atomic E-state index is 0.329. The number of hydrogen-bond donors (Lipinski definition) is 1. The van der Waals surface area contributed by atoms with E-state index in [0.29, 0.717) is 6.54 Å². The van der Waals surface area contributed by atoms with Crippen molar-refractivity contribution in [1.82, 2.24) is 25.0 Å². The zero-order chi connectivity index (χ0) is 12.4. The number of nitrogens with two attached hydrogens (primary N) is 1. The number of thiazole rings is 1. The molecule has 0 atom stereocenters. The van der Waals surface area contributed by atoms with Gasteiger partial charge in [0, 0.05) is 36.1 Å². The van der Waals surface area contributed by atoms with Crippen LogP contribution in [0.2, 0.25) is 0 Å². The van der Waals surface area contributed by atoms with Crippen molar-refractivity contribution in [1.29, 1.82) is 0 Å². The van der Waals surface area contributed by atoms with Gasteiger partial charge >= 0.3 is 0 Å². The second-order valence-electron chi connectivity index (χ2n) is 3.56. The Morgan fingerprint density at radius 1 is 1.33 bits per heavy atom. The predicted octanol–water partition coefficient (Wildman–Crippen LogP) is 1.24. The maximum Gasteiger partial charge on any atom is 0.212 e. The Bertz CT molecular complexity index is 631. The molecule has 3 rings (SSSR count). The van der Waals surface area contributed by atoms with Gasteiger partial charge in [-0.05, 0) is 12.1 Å². The van der Waals surface area contributed by atoms with Gasteiger partial charge in [-0.2, -0.15) is 4.68 Å². The minimum absolute atomic E-state index is 0.329. The molecule has 3 heterocycles. The van der Waals surface area contributed by atoms with Gasteiger partial charge in [0.25, 0.3) is 0 Å². The highest BCUT2D eigenvalue weighted by Gasteiger charge is 2.16. The van der Waals surface area contributed by atoms with Crippen LogP contribution in [0.25, 0.3) is 16.4 Å². The zero-order valence-electron chi connectivity index (χ0n) is 9.39. The van der Waals surface area contributed by atoms with Gasteiger partial charge in [0.05, 0.1) is 0 Å². The van der Waals surface area contributed by atoms with E-state index in [-0.39, 0.29) is 0 Å². The van der Waals surface area contributed by atoms with Gasteiger partial charge in [0.15, 0.2) is 0 Å². The van der Waals surface area contributed by atoms with E-state index in [9.17, 15) is 0 Å². The van der Waals surface area contributed by atoms with Crippen molar-refractivity contribution < 1.29 is 0 Å². The number of rotatable bonds is 3. The normalized spacial score (nSPS) is 10.7. The standard InChI is InChI=1S/C11H10N6S/c12-6-9-10(8-2-1-3-13-7-8)17(16-15-9)11-14-4-5-18-11/h1-5,7H,6,12H2. The maximum atomic E-state index is 5.70. The molecule has 0 bridgehead atoms. The fourth-order valence-corrected chi connectivity index (χ4v) is 2.29. The Labute approximate surface area is 107 Å². The molecule has 90 valence electrons. The van der Waals surface area contributed by atoms with Crippen LogP contribution in [0, 0.1) is 0 Å². The molecule has 0 saturated carbocycles. The van der Waals surface area contributed by atoms with Gasteiger partial charge in [-0.15, -0.1) is 16.4 Å². The van der Waals surface area contributed by atoms with E-state index in [0.717, 1.165) is 22.1 Å². The van der Waals surface area contributed by atoms with Crippen molar-refractivity contribution in [3.8, 4) is 16.4 Å². The van der Waals surface area contributed by atoms with Crippen molar-refractivity contribution in [3.63, 3.8) is 0 Å². The summed E-state index contributed by atoms with van der Waals surface area (Å²) >= 11 is 1.50. The highest BCUT2D eigenvalue weighted by Crippen LogP contribution is 2.24. The third kappa shape index (κ3) is 1.79. The smallest absolute Gasteiger partial charge is 0.212 e. The monoisotopic (exact) mass is 258 g/mol. The molecule has 0 amide bonds. The number of aromatic nitrogens is 5. The summed E-state index contributed by atoms with van der Waals surface area (Å²) < 4.78 is 1.70. The summed E-state index contributed by atoms with van der Waals surface area (Å²) in [5, 5.41) is 10.9. The molecular formula is C11H10N6S. The summed E-state index contributed by atoms with van der Waals surface area (Å²) in [5.74, 6) is 0. The van der Waals surface area contributed by atoms with Crippen molar-refractivity contribution in [2.75, 3.05) is 0 Å². The van der Waals surface area contributed by atoms with Crippen molar-refractivity contribution >= 4 is 11.3 Å². The first-order valence-electron chi connectivity index (χ1n) is 5.35. The Morgan fingerprint density at radius 3 is 2.94 bits per heavy atom. The molecule has 0 aromatic carbocycles. The predicted molar refractivity (Wildman–Crippen MR) is 68.2 cm³/mol. The number of nitrogens with zero attached hydrogens (tertiary/aromatic N) is 5. The molecule has 0 aliphatic carbocycles. The van der Waals surface area contributed by atoms with E-state index in [2.05, 4.69) is 20.3 Å². The fourth-order valence-electron chi connectivity index (χ4n) is 1.70. The third-order valence-electron chi connectivity index (χ3n) is 2.47. The summed E-state index contributed by atoms with van der Waals surface area (Å²) in [5.41, 5.74) is 8.21. The molecule has 0 aliphatic heterocycles. The zero-order valence-corrected chi connectivity index (χ0v) is 10.2. The van der Waals surface area contributed by atoms with Crippen LogP contribution in [0.15, 0.2) is 36.1 Å². The summed E-state index contributed by atoms with van der Waals surface area (Å²) in [6, 6.07) is 3.82. The lowest BCUT2D eigenvalue weighted by Gasteiger charge is -2.04. The van der Waals surface area contributed by atoms with E-state index in [4.69, 9.17) is 5.73 Å². The summed E-state index contributed by atoms with van der Waals surface area (Å²) in [7, 11) is 0. The summed E-state index contributed by atoms with van der Waals surface area (Å²) in [6.45, 7) is 0.329. The first kappa shape index (κ1) is 11.0. The van der Waals surface area contributed by atoms with Gasteiger partial charge in [0.2, 0.25) is 5.13 Å². The van der Waals surface area contributed by atoms with E-state index in [1.165, 1.54) is 11.3 Å². The van der Waals surface area contributed by atoms with Crippen molar-refractivity contribution in [3.05, 3.63) is 41.8 Å². The van der Waals surface area contributed by atoms with Crippen LogP contribution in [-0.2, 0) is 6.54 Å². The minimum Gasteiger partial charge on any atom is -0.325 e. The lowest BCUT2D eigenvalue weighted by molar-refractivity contribution is 0.794. The van der Waals surface area contributed by atoms with Crippen molar-refractivity contribution in [2.45, 2.75) is 6.54 Å². The van der Waals surface area contributed by atoms with Gasteiger partial charge in [0.1, 0.15) is 11.4 Å². The number of pyridine rings is 1. The summed E-state index contributed by atoms with van der Waals surface area (Å²) in [4.78, 5) is 8.35. The van der Waals surface area contributed by atoms with E-state index in [1.807, 2.05) is 17.5 Å². The highest BCUT2D eigenvalue weighted by molar-refractivity contribution is 7.12. The van der Waals surface area contributed by atoms with E-state index < -0.39 is 0 Å². The molecule has 0 radical (unpaired) electrons. The molecule has 0 saturated heterocycles. The molecule has 18 heavy (non-hydrogen) atoms. The van der Waals surface area contributed by atoms with Crippen LogP contribution < -0.4 is 5.73 Å². The summed E-state index contributed by atoms with van der Waals surface area (Å²) in [6.07, 6.45) is 5.22. The lowest BCUT2D eigenvalue weighted by Crippen LogP contribution is -2.02. The van der Waals surface area contributed by atoms with Gasteiger partial charge in [-0.25, -0.2) is 4.98 Å². The second-order valence-corrected chi connectivity index (χ2v) is 4.43. The molecule has 3 aromatic heterocycles. The molecule has 0 spiro atoms. The average Bonchev–Trinajstić information content (AvgIpc) is 3.08. The topological polar surface area (TPSA) is 82.5 Å². The van der Waals surface area contributed by atoms with E-state index >= 15 is 0 Å². The second kappa shape index (κ2) is 4.63. The SMILES string of the molecule is NCc1nnn(-c2nccs2)c1-c1cccnc1. The molecular weight excluding hydrogens is 248 g/mol. The molecule has 2 N–H and O–H groups in total. The Balaban J connectivity index is 2.20. The van der Waals surface area contributed by atoms with Crippen LogP contribution >= 0.6 is 11.3 Å². The quantitative estimate of drug-likeness (QED) is 0.764. The molecule has 0 unspecified atom stereocenters. The Morgan fingerprint density at radius 2 is 2.28 bits per heavy atom. The fraction of sp³-hybridized carbons (Fsp3) is 0.0909. The molecule has 6 nitrogen and oxygen atoms in total. The van der Waals surface area contributed by atoms with Crippen LogP contribution in [0.1, 0.15) is 5.69 Å². The first-order valence-corrected chi connectivity index (χ1v) is 6.23. The van der Waals surface area contributed by atoms with Gasteiger partial charge < -0.3 is 5.73 Å². The average molecular weight is 258 g/mol. The van der Waals surface area contributed by atoms with E-state index in [1.54, 1.807) is 23.3 Å². The molecule has 7 heteroatoms. The molecule has 3 aromatic rings. The third-order valence-corrected chi connectivity index (χ3v) is 3.22. The first-order chi connectivity index (χ1) is 8.90. The van der Waals surface area contributed by atoms with Crippen LogP contribution in [-0.4, -0.2) is 25.0 Å². The highest BCUT2D eigenvalue weighted by atomic mass is 32.1. The van der Waals surface area contributed by atoms with Crippen LogP contribution in [0.5, 0.6) is 0 Å². The number of hydrogen-bond acceptors (Lipinski definition) is 6. The van der Waals surface area contributed by atoms with Crippen molar-refractivity contribution in [2.24, 2.45) is 5.73 Å². The Kier molecular flexibility index (Phi) is 2.83. The lowest BCUT2D eigenvalue weighted by atomic mass is 10.1. The molecule has 0 aliphatic rings. The largest absolute Gasteiger partial charge is 0.325 e.